The van der Waals surface area contributed by atoms with Gasteiger partial charge in [0.2, 0.25) is 0 Å². The highest BCUT2D eigenvalue weighted by atomic mass is 16.2. The number of likely N-dealkylation sites (tertiary alicyclic amines) is 1. The summed E-state index contributed by atoms with van der Waals surface area (Å²) in [5, 5.41) is 2.20. The van der Waals surface area contributed by atoms with Gasteiger partial charge >= 0.3 is 11.8 Å². The van der Waals surface area contributed by atoms with Crippen LogP contribution < -0.4 is 11.1 Å². The largest absolute Gasteiger partial charge is 0.399 e. The first-order chi connectivity index (χ1) is 11.6. The minimum absolute atomic E-state index is 0.0450. The van der Waals surface area contributed by atoms with Crippen LogP contribution in [-0.2, 0) is 9.59 Å². The molecule has 3 rings (SSSR count). The summed E-state index contributed by atoms with van der Waals surface area (Å²) in [5.74, 6) is -2.07. The van der Waals surface area contributed by atoms with E-state index in [-0.39, 0.29) is 16.9 Å². The molecule has 2 aliphatic rings. The topological polar surface area (TPSA) is 92.5 Å². The first-order valence-electron chi connectivity index (χ1n) is 8.60. The number of hydrogen-bond donors (Lipinski definition) is 2. The molecule has 1 aromatic carbocycles. The summed E-state index contributed by atoms with van der Waals surface area (Å²) in [4.78, 5) is 38.7. The van der Waals surface area contributed by atoms with Crippen molar-refractivity contribution in [2.24, 2.45) is 10.8 Å². The number of nitrogen functional groups attached to an aromatic ring is 1. The molecule has 6 nitrogen and oxygen atoms in total. The molecular formula is C19H25N3O3. The van der Waals surface area contributed by atoms with Crippen molar-refractivity contribution in [1.29, 1.82) is 0 Å². The number of carbonyl (C=O) groups is 3. The maximum atomic E-state index is 12.6. The Labute approximate surface area is 147 Å². The number of nitrogens with zero attached hydrogens (tertiary/aromatic N) is 1. The first-order valence-corrected chi connectivity index (χ1v) is 8.60. The predicted molar refractivity (Wildman–Crippen MR) is 94.6 cm³/mol. The van der Waals surface area contributed by atoms with Gasteiger partial charge < -0.3 is 10.6 Å². The summed E-state index contributed by atoms with van der Waals surface area (Å²) in [6.45, 7) is 7.15. The number of anilines is 1. The molecule has 1 aromatic rings. The Morgan fingerprint density at radius 2 is 1.76 bits per heavy atom. The van der Waals surface area contributed by atoms with E-state index >= 15 is 0 Å². The summed E-state index contributed by atoms with van der Waals surface area (Å²) in [5.41, 5.74) is 6.61. The minimum Gasteiger partial charge on any atom is -0.399 e. The van der Waals surface area contributed by atoms with Crippen molar-refractivity contribution < 1.29 is 14.4 Å². The summed E-state index contributed by atoms with van der Waals surface area (Å²) in [7, 11) is 0. The number of amides is 3. The number of benzene rings is 1. The molecule has 1 aliphatic carbocycles. The second-order valence-electron chi connectivity index (χ2n) is 8.55. The number of rotatable bonds is 1. The lowest BCUT2D eigenvalue weighted by Crippen LogP contribution is -2.47. The molecule has 1 heterocycles. The van der Waals surface area contributed by atoms with E-state index in [0.29, 0.717) is 17.8 Å². The second kappa shape index (κ2) is 5.86. The molecular weight excluding hydrogens is 318 g/mol. The molecule has 2 bridgehead atoms. The van der Waals surface area contributed by atoms with Crippen LogP contribution >= 0.6 is 0 Å². The molecule has 0 radical (unpaired) electrons. The van der Waals surface area contributed by atoms with Gasteiger partial charge in [0, 0.05) is 23.8 Å². The third kappa shape index (κ3) is 3.52. The SMILES string of the molecule is CC1(C)CC2CC(C)(CN2C(=O)C(=O)NC(=O)c2ccc(N)cc2)C1. The van der Waals surface area contributed by atoms with Crippen LogP contribution in [0.15, 0.2) is 24.3 Å². The fourth-order valence-corrected chi connectivity index (χ4v) is 4.69. The maximum Gasteiger partial charge on any atom is 0.316 e. The Balaban J connectivity index is 1.68. The van der Waals surface area contributed by atoms with E-state index in [4.69, 9.17) is 5.73 Å². The van der Waals surface area contributed by atoms with Gasteiger partial charge in [-0.1, -0.05) is 20.8 Å². The number of carbonyl (C=O) groups excluding carboxylic acids is 3. The molecule has 6 heteroatoms. The van der Waals surface area contributed by atoms with Gasteiger partial charge in [-0.2, -0.15) is 0 Å². The maximum absolute atomic E-state index is 12.6. The number of nitrogens with one attached hydrogen (secondary N) is 1. The Kier molecular flexibility index (Phi) is 4.09. The van der Waals surface area contributed by atoms with E-state index in [0.717, 1.165) is 19.3 Å². The Morgan fingerprint density at radius 3 is 2.40 bits per heavy atom. The van der Waals surface area contributed by atoms with Gasteiger partial charge in [0.05, 0.1) is 0 Å². The third-order valence-electron chi connectivity index (χ3n) is 5.27. The van der Waals surface area contributed by atoms with Gasteiger partial charge in [0.15, 0.2) is 0 Å². The summed E-state index contributed by atoms with van der Waals surface area (Å²) in [6, 6.07) is 6.27. The number of hydrogen-bond acceptors (Lipinski definition) is 4. The quantitative estimate of drug-likeness (QED) is 0.602. The van der Waals surface area contributed by atoms with Gasteiger partial charge in [0.25, 0.3) is 5.91 Å². The fourth-order valence-electron chi connectivity index (χ4n) is 4.69. The summed E-state index contributed by atoms with van der Waals surface area (Å²) >= 11 is 0. The fraction of sp³-hybridized carbons (Fsp3) is 0.526. The van der Waals surface area contributed by atoms with Crippen molar-refractivity contribution in [1.82, 2.24) is 10.2 Å². The van der Waals surface area contributed by atoms with Crippen LogP contribution in [0.2, 0.25) is 0 Å². The van der Waals surface area contributed by atoms with E-state index in [2.05, 4.69) is 26.1 Å². The van der Waals surface area contributed by atoms with Crippen LogP contribution in [0, 0.1) is 10.8 Å². The van der Waals surface area contributed by atoms with Crippen molar-refractivity contribution >= 4 is 23.4 Å². The lowest BCUT2D eigenvalue weighted by atomic mass is 9.65. The molecule has 1 saturated heterocycles. The van der Waals surface area contributed by atoms with Crippen molar-refractivity contribution in [3.8, 4) is 0 Å². The smallest absolute Gasteiger partial charge is 0.316 e. The van der Waals surface area contributed by atoms with E-state index < -0.39 is 17.7 Å². The van der Waals surface area contributed by atoms with Gasteiger partial charge in [-0.15, -0.1) is 0 Å². The van der Waals surface area contributed by atoms with Crippen LogP contribution in [-0.4, -0.2) is 35.2 Å². The zero-order valence-corrected chi connectivity index (χ0v) is 15.0. The van der Waals surface area contributed by atoms with Crippen molar-refractivity contribution in [3.05, 3.63) is 29.8 Å². The van der Waals surface area contributed by atoms with E-state index in [1.54, 1.807) is 17.0 Å². The molecule has 134 valence electrons. The standard InChI is InChI=1S/C19H25N3O3/c1-18(2)8-14-9-19(3,10-18)11-22(14)17(25)16(24)21-15(23)12-4-6-13(20)7-5-12/h4-7,14H,8-11,20H2,1-3H3,(H,21,23,24). The van der Waals surface area contributed by atoms with Gasteiger partial charge in [0.1, 0.15) is 0 Å². The van der Waals surface area contributed by atoms with E-state index in [9.17, 15) is 14.4 Å². The van der Waals surface area contributed by atoms with E-state index in [1.165, 1.54) is 12.1 Å². The lowest BCUT2D eigenvalue weighted by molar-refractivity contribution is -0.146. The average molecular weight is 343 g/mol. The van der Waals surface area contributed by atoms with E-state index in [1.807, 2.05) is 0 Å². The van der Waals surface area contributed by atoms with Crippen molar-refractivity contribution in [3.63, 3.8) is 0 Å². The van der Waals surface area contributed by atoms with Gasteiger partial charge in [-0.3, -0.25) is 19.7 Å². The van der Waals surface area contributed by atoms with Crippen LogP contribution in [0.1, 0.15) is 50.4 Å². The number of imide groups is 1. The molecule has 1 saturated carbocycles. The minimum atomic E-state index is -0.865. The molecule has 0 spiro atoms. The van der Waals surface area contributed by atoms with Crippen molar-refractivity contribution in [2.75, 3.05) is 12.3 Å². The molecule has 2 atom stereocenters. The molecule has 2 fully saturated rings. The predicted octanol–water partition coefficient (Wildman–Crippen LogP) is 1.95. The summed E-state index contributed by atoms with van der Waals surface area (Å²) in [6.07, 6.45) is 2.83. The monoisotopic (exact) mass is 343 g/mol. The first kappa shape index (κ1) is 17.5. The Bertz CT molecular complexity index is 726. The average Bonchev–Trinajstić information content (AvgIpc) is 2.76. The van der Waals surface area contributed by atoms with Gasteiger partial charge in [-0.25, -0.2) is 0 Å². The van der Waals surface area contributed by atoms with Crippen LogP contribution in [0.25, 0.3) is 0 Å². The molecule has 3 amide bonds. The summed E-state index contributed by atoms with van der Waals surface area (Å²) < 4.78 is 0. The van der Waals surface area contributed by atoms with Crippen molar-refractivity contribution in [2.45, 2.75) is 46.1 Å². The van der Waals surface area contributed by atoms with Crippen LogP contribution in [0.5, 0.6) is 0 Å². The molecule has 3 N–H and O–H groups in total. The Morgan fingerprint density at radius 1 is 1.12 bits per heavy atom. The zero-order valence-electron chi connectivity index (χ0n) is 15.0. The Hall–Kier alpha value is -2.37. The van der Waals surface area contributed by atoms with Gasteiger partial charge in [-0.05, 0) is 54.4 Å². The highest BCUT2D eigenvalue weighted by molar-refractivity contribution is 6.38. The highest BCUT2D eigenvalue weighted by Gasteiger charge is 2.51. The second-order valence-corrected chi connectivity index (χ2v) is 8.55. The zero-order chi connectivity index (χ0) is 18.4. The lowest BCUT2D eigenvalue weighted by Gasteiger charge is -2.39. The molecule has 2 unspecified atom stereocenters. The molecule has 1 aliphatic heterocycles. The van der Waals surface area contributed by atoms with Crippen LogP contribution in [0.4, 0.5) is 5.69 Å². The van der Waals surface area contributed by atoms with Crippen LogP contribution in [0.3, 0.4) is 0 Å². The normalized spacial score (nSPS) is 27.0. The number of nitrogens with two attached hydrogens (primary N) is 1. The molecule has 0 aromatic heterocycles. The highest BCUT2D eigenvalue weighted by Crippen LogP contribution is 2.52. The molecule has 25 heavy (non-hydrogen) atoms. The number of fused-ring (bicyclic) bond motifs is 2. The third-order valence-corrected chi connectivity index (χ3v) is 5.27.